The van der Waals surface area contributed by atoms with Gasteiger partial charge in [-0.05, 0) is 32.6 Å². The van der Waals surface area contributed by atoms with Gasteiger partial charge in [0.2, 0.25) is 0 Å². The number of hydrogen-bond acceptors (Lipinski definition) is 5. The highest BCUT2D eigenvalue weighted by molar-refractivity contribution is 5.94. The lowest BCUT2D eigenvalue weighted by atomic mass is 9.98. The van der Waals surface area contributed by atoms with E-state index in [4.69, 9.17) is 0 Å². The largest absolute Gasteiger partial charge is 0.343 e. The van der Waals surface area contributed by atoms with E-state index in [9.17, 15) is 9.59 Å². The Morgan fingerprint density at radius 1 is 1.22 bits per heavy atom. The van der Waals surface area contributed by atoms with Gasteiger partial charge in [-0.3, -0.25) is 19.0 Å². The van der Waals surface area contributed by atoms with E-state index in [0.717, 1.165) is 38.8 Å². The molecule has 0 saturated carbocycles. The van der Waals surface area contributed by atoms with Crippen molar-refractivity contribution in [3.63, 3.8) is 0 Å². The van der Waals surface area contributed by atoms with E-state index in [1.807, 2.05) is 18.0 Å². The number of carbonyl (C=O) groups is 2. The first-order valence-corrected chi connectivity index (χ1v) is 9.44. The van der Waals surface area contributed by atoms with Crippen LogP contribution < -0.4 is 0 Å². The number of aryl methyl sites for hydroxylation is 2. The summed E-state index contributed by atoms with van der Waals surface area (Å²) in [4.78, 5) is 28.3. The zero-order valence-corrected chi connectivity index (χ0v) is 16.2. The third-order valence-electron chi connectivity index (χ3n) is 4.95. The number of nitrogens with zero attached hydrogens (tertiary/aromatic N) is 7. The van der Waals surface area contributed by atoms with Crippen molar-refractivity contribution < 1.29 is 9.59 Å². The zero-order valence-electron chi connectivity index (χ0n) is 16.2. The highest BCUT2D eigenvalue weighted by atomic mass is 16.2. The lowest BCUT2D eigenvalue weighted by molar-refractivity contribution is 0.0593. The Morgan fingerprint density at radius 3 is 2.74 bits per heavy atom. The Kier molecular flexibility index (Phi) is 5.88. The van der Waals surface area contributed by atoms with Gasteiger partial charge in [0, 0.05) is 46.0 Å². The number of amides is 2. The first-order valence-electron chi connectivity index (χ1n) is 9.44. The fourth-order valence-electron chi connectivity index (χ4n) is 3.40. The van der Waals surface area contributed by atoms with Crippen LogP contribution in [0.1, 0.15) is 53.5 Å². The fraction of sp³-hybridized carbons (Fsp3) is 0.611. The first kappa shape index (κ1) is 19.1. The van der Waals surface area contributed by atoms with E-state index in [-0.39, 0.29) is 17.9 Å². The molecule has 1 atom stereocenters. The van der Waals surface area contributed by atoms with Crippen molar-refractivity contribution in [2.24, 2.45) is 0 Å². The van der Waals surface area contributed by atoms with E-state index >= 15 is 0 Å². The SMILES string of the molecule is CCn1cc(C(=O)N2CCCCC2CCn2cc(C(=O)N(C)C)nn2)cn1. The Balaban J connectivity index is 1.64. The van der Waals surface area contributed by atoms with Gasteiger partial charge < -0.3 is 9.80 Å². The summed E-state index contributed by atoms with van der Waals surface area (Å²) in [5.41, 5.74) is 0.979. The van der Waals surface area contributed by atoms with Crippen molar-refractivity contribution >= 4 is 11.8 Å². The third-order valence-corrected chi connectivity index (χ3v) is 4.95. The predicted molar refractivity (Wildman–Crippen MR) is 99.2 cm³/mol. The van der Waals surface area contributed by atoms with Gasteiger partial charge in [0.25, 0.3) is 11.8 Å². The zero-order chi connectivity index (χ0) is 19.4. The van der Waals surface area contributed by atoms with E-state index in [1.165, 1.54) is 4.90 Å². The van der Waals surface area contributed by atoms with Gasteiger partial charge >= 0.3 is 0 Å². The molecule has 2 aromatic rings. The van der Waals surface area contributed by atoms with Crippen molar-refractivity contribution in [3.05, 3.63) is 29.8 Å². The minimum absolute atomic E-state index is 0.0430. The van der Waals surface area contributed by atoms with Gasteiger partial charge in [-0.25, -0.2) is 0 Å². The Labute approximate surface area is 158 Å². The van der Waals surface area contributed by atoms with Gasteiger partial charge in [0.05, 0.1) is 18.0 Å². The second kappa shape index (κ2) is 8.32. The number of aromatic nitrogens is 5. The molecule has 3 heterocycles. The number of hydrogen-bond donors (Lipinski definition) is 0. The third kappa shape index (κ3) is 4.35. The molecule has 0 spiro atoms. The molecular weight excluding hydrogens is 346 g/mol. The second-order valence-electron chi connectivity index (χ2n) is 7.09. The first-order chi connectivity index (χ1) is 13.0. The molecule has 1 aliphatic heterocycles. The van der Waals surface area contributed by atoms with Crippen LogP contribution in [0.3, 0.4) is 0 Å². The highest BCUT2D eigenvalue weighted by Gasteiger charge is 2.28. The molecule has 9 nitrogen and oxygen atoms in total. The van der Waals surface area contributed by atoms with Gasteiger partial charge in [0.1, 0.15) is 0 Å². The van der Waals surface area contributed by atoms with E-state index < -0.39 is 0 Å². The summed E-state index contributed by atoms with van der Waals surface area (Å²) >= 11 is 0. The van der Waals surface area contributed by atoms with Crippen LogP contribution in [0.2, 0.25) is 0 Å². The number of rotatable bonds is 6. The molecular formula is C18H27N7O2. The van der Waals surface area contributed by atoms with Gasteiger partial charge in [-0.15, -0.1) is 5.10 Å². The van der Waals surface area contributed by atoms with Crippen LogP contribution >= 0.6 is 0 Å². The molecule has 1 fully saturated rings. The predicted octanol–water partition coefficient (Wildman–Crippen LogP) is 1.28. The Hall–Kier alpha value is -2.71. The van der Waals surface area contributed by atoms with Crippen molar-refractivity contribution in [1.82, 2.24) is 34.6 Å². The second-order valence-corrected chi connectivity index (χ2v) is 7.09. The molecule has 2 amide bonds. The van der Waals surface area contributed by atoms with Crippen molar-refractivity contribution in [2.75, 3.05) is 20.6 Å². The summed E-state index contributed by atoms with van der Waals surface area (Å²) in [7, 11) is 3.38. The number of carbonyl (C=O) groups excluding carboxylic acids is 2. The Bertz CT molecular complexity index is 795. The summed E-state index contributed by atoms with van der Waals surface area (Å²) in [6.07, 6.45) is 9.03. The topological polar surface area (TPSA) is 89.2 Å². The van der Waals surface area contributed by atoms with Crippen molar-refractivity contribution in [1.29, 1.82) is 0 Å². The van der Waals surface area contributed by atoms with Crippen molar-refractivity contribution in [3.8, 4) is 0 Å². The van der Waals surface area contributed by atoms with Crippen LogP contribution in [0.4, 0.5) is 0 Å². The maximum Gasteiger partial charge on any atom is 0.275 e. The van der Waals surface area contributed by atoms with Crippen LogP contribution in [0.25, 0.3) is 0 Å². The molecule has 1 unspecified atom stereocenters. The monoisotopic (exact) mass is 373 g/mol. The summed E-state index contributed by atoms with van der Waals surface area (Å²) in [6.45, 7) is 4.13. The molecule has 0 aromatic carbocycles. The van der Waals surface area contributed by atoms with E-state index in [0.29, 0.717) is 17.8 Å². The molecule has 0 radical (unpaired) electrons. The molecule has 2 aromatic heterocycles. The number of piperidine rings is 1. The van der Waals surface area contributed by atoms with Crippen LogP contribution in [0.5, 0.6) is 0 Å². The normalized spacial score (nSPS) is 17.1. The molecule has 0 N–H and O–H groups in total. The number of likely N-dealkylation sites (tertiary alicyclic amines) is 1. The summed E-state index contributed by atoms with van der Waals surface area (Å²) in [6, 6.07) is 0.161. The van der Waals surface area contributed by atoms with Gasteiger partial charge in [0.15, 0.2) is 5.69 Å². The molecule has 3 rings (SSSR count). The highest BCUT2D eigenvalue weighted by Crippen LogP contribution is 2.22. The van der Waals surface area contributed by atoms with E-state index in [1.54, 1.807) is 35.9 Å². The lowest BCUT2D eigenvalue weighted by Gasteiger charge is -2.35. The van der Waals surface area contributed by atoms with Crippen LogP contribution in [-0.4, -0.2) is 73.1 Å². The van der Waals surface area contributed by atoms with Crippen LogP contribution in [0.15, 0.2) is 18.6 Å². The van der Waals surface area contributed by atoms with Crippen LogP contribution in [-0.2, 0) is 13.1 Å². The summed E-state index contributed by atoms with van der Waals surface area (Å²) < 4.78 is 3.45. The van der Waals surface area contributed by atoms with Gasteiger partial charge in [-0.2, -0.15) is 5.10 Å². The lowest BCUT2D eigenvalue weighted by Crippen LogP contribution is -2.44. The van der Waals surface area contributed by atoms with Gasteiger partial charge in [-0.1, -0.05) is 5.21 Å². The average molecular weight is 373 g/mol. The van der Waals surface area contributed by atoms with E-state index in [2.05, 4.69) is 15.4 Å². The minimum atomic E-state index is -0.163. The molecule has 27 heavy (non-hydrogen) atoms. The smallest absolute Gasteiger partial charge is 0.275 e. The van der Waals surface area contributed by atoms with Crippen LogP contribution in [0, 0.1) is 0 Å². The molecule has 146 valence electrons. The maximum absolute atomic E-state index is 12.9. The summed E-state index contributed by atoms with van der Waals surface area (Å²) in [5.74, 6) is -0.120. The molecule has 0 bridgehead atoms. The molecule has 0 aliphatic carbocycles. The fourth-order valence-corrected chi connectivity index (χ4v) is 3.40. The average Bonchev–Trinajstić information content (AvgIpc) is 3.34. The molecule has 1 saturated heterocycles. The standard InChI is InChI=1S/C18H27N7O2/c1-4-23-12-14(11-19-23)17(26)25-9-6-5-7-15(25)8-10-24-13-16(20-21-24)18(27)22(2)3/h11-13,15H,4-10H2,1-3H3. The Morgan fingerprint density at radius 2 is 2.04 bits per heavy atom. The molecule has 9 heteroatoms. The maximum atomic E-state index is 12.9. The van der Waals surface area contributed by atoms with Crippen molar-refractivity contribution in [2.45, 2.75) is 51.7 Å². The minimum Gasteiger partial charge on any atom is -0.343 e. The molecule has 1 aliphatic rings. The summed E-state index contributed by atoms with van der Waals surface area (Å²) in [5, 5.41) is 12.2. The quantitative estimate of drug-likeness (QED) is 0.761.